The van der Waals surface area contributed by atoms with Crippen LogP contribution in [0.1, 0.15) is 193 Å². The van der Waals surface area contributed by atoms with Crippen molar-refractivity contribution < 1.29 is 48.9 Å². The third kappa shape index (κ3) is 29.2. The number of carboxylic acid groups (broad SMARTS) is 2. The Labute approximate surface area is 359 Å². The number of carbonyl (C=O) groups is 7. The van der Waals surface area contributed by atoms with Crippen LogP contribution in [0.4, 0.5) is 0 Å². The predicted molar refractivity (Wildman–Crippen MR) is 234 cm³/mol. The van der Waals surface area contributed by atoms with Gasteiger partial charge in [-0.15, -0.1) is 0 Å². The van der Waals surface area contributed by atoms with Crippen LogP contribution in [0.3, 0.4) is 0 Å². The number of carboxylic acids is 2. The van der Waals surface area contributed by atoms with Crippen LogP contribution in [-0.2, 0) is 40.0 Å². The van der Waals surface area contributed by atoms with Crippen molar-refractivity contribution in [3.8, 4) is 5.75 Å². The molecule has 0 fully saturated rings. The van der Waals surface area contributed by atoms with Crippen molar-refractivity contribution >= 4 is 41.1 Å². The Bertz CT molecular complexity index is 1410. The lowest BCUT2D eigenvalue weighted by Crippen LogP contribution is -2.30. The Morgan fingerprint density at radius 2 is 1.05 bits per heavy atom. The second-order valence-corrected chi connectivity index (χ2v) is 17.4. The lowest BCUT2D eigenvalue weighted by molar-refractivity contribution is -0.144. The second kappa shape index (κ2) is 33.6. The first-order valence-electron chi connectivity index (χ1n) is 23.0. The van der Waals surface area contributed by atoms with E-state index in [1.807, 2.05) is 13.8 Å². The number of aromatic hydroxyl groups is 1. The van der Waals surface area contributed by atoms with Crippen LogP contribution < -0.4 is 11.1 Å². The molecule has 0 aliphatic carbocycles. The molecule has 0 spiro atoms. The van der Waals surface area contributed by atoms with E-state index in [-0.39, 0.29) is 79.9 Å². The van der Waals surface area contributed by atoms with Crippen molar-refractivity contribution in [2.45, 2.75) is 194 Å². The smallest absolute Gasteiger partial charge is 0.306 e. The number of Topliss-reactive ketones (excluding diaryl/α,β-unsaturated/α-hetero) is 3. The van der Waals surface area contributed by atoms with E-state index in [1.165, 1.54) is 69.9 Å². The molecule has 0 unspecified atom stereocenters. The van der Waals surface area contributed by atoms with Crippen LogP contribution in [0.5, 0.6) is 5.75 Å². The van der Waals surface area contributed by atoms with Crippen LogP contribution >= 0.6 is 0 Å². The van der Waals surface area contributed by atoms with Gasteiger partial charge in [-0.1, -0.05) is 122 Å². The molecule has 0 heterocycles. The van der Waals surface area contributed by atoms with Gasteiger partial charge in [0.1, 0.15) is 23.1 Å². The number of unbranched alkanes of at least 4 members (excludes halogenated alkanes) is 16. The number of phenolic OH excluding ortho intramolecular Hbond substituents is 1. The van der Waals surface area contributed by atoms with Gasteiger partial charge in [-0.2, -0.15) is 0 Å². The monoisotopic (exact) mass is 843 g/mol. The molecule has 0 bridgehead atoms. The first kappa shape index (κ1) is 53.9. The molecule has 1 aromatic carbocycles. The summed E-state index contributed by atoms with van der Waals surface area (Å²) in [6.45, 7) is 4.19. The molecule has 1 aromatic rings. The normalized spacial score (nSPS) is 12.8. The van der Waals surface area contributed by atoms with E-state index < -0.39 is 35.6 Å². The number of hydrogen-bond acceptors (Lipinski definition) is 8. The molecule has 12 nitrogen and oxygen atoms in total. The van der Waals surface area contributed by atoms with E-state index in [0.717, 1.165) is 50.5 Å². The van der Waals surface area contributed by atoms with Gasteiger partial charge in [0.15, 0.2) is 0 Å². The van der Waals surface area contributed by atoms with Gasteiger partial charge in [-0.05, 0) is 62.1 Å². The fraction of sp³-hybridized carbons (Fsp3) is 0.729. The molecule has 2 amide bonds. The highest BCUT2D eigenvalue weighted by Crippen LogP contribution is 2.24. The maximum Gasteiger partial charge on any atom is 0.306 e. The molecule has 0 radical (unpaired) electrons. The summed E-state index contributed by atoms with van der Waals surface area (Å²) in [5.41, 5.74) is 6.41. The maximum absolute atomic E-state index is 13.4. The largest absolute Gasteiger partial charge is 0.508 e. The number of amides is 2. The van der Waals surface area contributed by atoms with Gasteiger partial charge in [-0.3, -0.25) is 33.6 Å². The van der Waals surface area contributed by atoms with Crippen molar-refractivity contribution in [3.05, 3.63) is 29.8 Å². The van der Waals surface area contributed by atoms with Gasteiger partial charge < -0.3 is 26.4 Å². The van der Waals surface area contributed by atoms with Gasteiger partial charge >= 0.3 is 11.9 Å². The fourth-order valence-electron chi connectivity index (χ4n) is 7.69. The highest BCUT2D eigenvalue weighted by molar-refractivity contribution is 5.91. The lowest BCUT2D eigenvalue weighted by Gasteiger charge is -2.19. The third-order valence-electron chi connectivity index (χ3n) is 11.3. The SMILES string of the molecule is CC(C)CC(=O)C[C@@H](CCCCNC(=O)CC[C@H](CC(=O)CCCCCCCCCCCCCCCCCCC(=O)O)C(=O)O)C(=O)C[C@@H](Cc1ccc(O)cc1)C(N)=O. The molecule has 3 atom stereocenters. The highest BCUT2D eigenvalue weighted by Gasteiger charge is 2.27. The van der Waals surface area contributed by atoms with Crippen LogP contribution in [0.2, 0.25) is 0 Å². The van der Waals surface area contributed by atoms with Crippen LogP contribution in [0.15, 0.2) is 24.3 Å². The average molecular weight is 843 g/mol. The standard InChI is InChI=1S/C48H78N2O10/c1-36(2)31-43(53)33-38(44(54)35-40(47(49)58)32-37-24-27-41(51)28-25-37)21-19-20-30-50-45(55)29-26-39(48(59)60)34-42(52)22-17-15-13-11-9-7-5-3-4-6-8-10-12-14-16-18-23-46(56)57/h24-25,27-28,36,38-40,51H,3-23,26,29-35H2,1-2H3,(H2,49,58)(H,50,55)(H,56,57)(H,59,60)/t38-,39-,40-/m1/s1. The zero-order valence-electron chi connectivity index (χ0n) is 36.9. The van der Waals surface area contributed by atoms with Gasteiger partial charge in [0.05, 0.1) is 5.92 Å². The maximum atomic E-state index is 13.4. The average Bonchev–Trinajstić information content (AvgIpc) is 3.18. The molecule has 340 valence electrons. The minimum atomic E-state index is -1.08. The zero-order valence-corrected chi connectivity index (χ0v) is 36.9. The summed E-state index contributed by atoms with van der Waals surface area (Å²) in [4.78, 5) is 86.0. The summed E-state index contributed by atoms with van der Waals surface area (Å²) < 4.78 is 0. The van der Waals surface area contributed by atoms with Crippen molar-refractivity contribution in [1.82, 2.24) is 5.32 Å². The zero-order chi connectivity index (χ0) is 44.5. The first-order chi connectivity index (χ1) is 28.7. The van der Waals surface area contributed by atoms with Gasteiger partial charge in [0.25, 0.3) is 0 Å². The molecule has 0 aliphatic rings. The van der Waals surface area contributed by atoms with E-state index in [0.29, 0.717) is 38.6 Å². The van der Waals surface area contributed by atoms with Gasteiger partial charge in [0.2, 0.25) is 11.8 Å². The lowest BCUT2D eigenvalue weighted by atomic mass is 9.84. The topological polar surface area (TPSA) is 218 Å². The predicted octanol–water partition coefficient (Wildman–Crippen LogP) is 9.45. The van der Waals surface area contributed by atoms with Crippen LogP contribution in [0, 0.1) is 23.7 Å². The summed E-state index contributed by atoms with van der Waals surface area (Å²) in [7, 11) is 0. The Balaban J connectivity index is 2.28. The number of primary amides is 1. The first-order valence-corrected chi connectivity index (χ1v) is 23.0. The second-order valence-electron chi connectivity index (χ2n) is 17.4. The number of rotatable bonds is 40. The number of benzene rings is 1. The van der Waals surface area contributed by atoms with Crippen LogP contribution in [0.25, 0.3) is 0 Å². The Morgan fingerprint density at radius 1 is 0.550 bits per heavy atom. The minimum Gasteiger partial charge on any atom is -0.508 e. The van der Waals surface area contributed by atoms with E-state index in [2.05, 4.69) is 5.32 Å². The number of nitrogens with one attached hydrogen (secondary N) is 1. The number of nitrogens with two attached hydrogens (primary N) is 1. The Kier molecular flexibility index (Phi) is 30.2. The van der Waals surface area contributed by atoms with Crippen LogP contribution in [-0.4, -0.2) is 63.0 Å². The summed E-state index contributed by atoms with van der Waals surface area (Å²) in [6.07, 6.45) is 20.7. The highest BCUT2D eigenvalue weighted by atomic mass is 16.4. The molecule has 0 aliphatic heterocycles. The molecule has 0 saturated carbocycles. The van der Waals surface area contributed by atoms with Gasteiger partial charge in [-0.25, -0.2) is 0 Å². The molecular weight excluding hydrogens is 765 g/mol. The van der Waals surface area contributed by atoms with Crippen molar-refractivity contribution in [2.24, 2.45) is 29.4 Å². The molecule has 0 aromatic heterocycles. The van der Waals surface area contributed by atoms with E-state index in [4.69, 9.17) is 10.8 Å². The Hall–Kier alpha value is -4.09. The summed E-state index contributed by atoms with van der Waals surface area (Å²) >= 11 is 0. The van der Waals surface area contributed by atoms with E-state index >= 15 is 0 Å². The third-order valence-corrected chi connectivity index (χ3v) is 11.3. The molecular formula is C48H78N2O10. The minimum absolute atomic E-state index is 0.0117. The molecule has 6 N–H and O–H groups in total. The summed E-state index contributed by atoms with van der Waals surface area (Å²) in [5, 5.41) is 30.7. The van der Waals surface area contributed by atoms with Gasteiger partial charge in [0, 0.05) is 63.3 Å². The number of aliphatic carboxylic acids is 2. The van der Waals surface area contributed by atoms with E-state index in [9.17, 15) is 43.8 Å². The summed E-state index contributed by atoms with van der Waals surface area (Å²) in [5.74, 6) is -5.00. The summed E-state index contributed by atoms with van der Waals surface area (Å²) in [6, 6.07) is 6.35. The number of hydrogen-bond donors (Lipinski definition) is 5. The number of ketones is 3. The fourth-order valence-corrected chi connectivity index (χ4v) is 7.69. The van der Waals surface area contributed by atoms with E-state index in [1.54, 1.807) is 12.1 Å². The van der Waals surface area contributed by atoms with Crippen molar-refractivity contribution in [3.63, 3.8) is 0 Å². The molecule has 0 saturated heterocycles. The quantitative estimate of drug-likeness (QED) is 0.0394. The molecule has 60 heavy (non-hydrogen) atoms. The molecule has 1 rings (SSSR count). The number of phenols is 1. The molecule has 12 heteroatoms. The van der Waals surface area contributed by atoms with Crippen molar-refractivity contribution in [2.75, 3.05) is 6.54 Å². The Morgan fingerprint density at radius 3 is 1.53 bits per heavy atom. The van der Waals surface area contributed by atoms with Crippen molar-refractivity contribution in [1.29, 1.82) is 0 Å². The number of carbonyl (C=O) groups excluding carboxylic acids is 5.